The molecule has 0 nitrogen and oxygen atoms in total. The second-order valence-corrected chi connectivity index (χ2v) is 0.949. The van der Waals surface area contributed by atoms with Crippen LogP contribution in [0.25, 0.3) is 0 Å². The van der Waals surface area contributed by atoms with Crippen molar-refractivity contribution in [2.75, 3.05) is 5.75 Å². The molecular formula is C2H7FS. The van der Waals surface area contributed by atoms with Gasteiger partial charge in [-0.05, 0) is 5.75 Å². The third-order valence-corrected chi connectivity index (χ3v) is 0. The maximum absolute atomic E-state index is 3.79. The minimum atomic E-state index is 0. The first-order valence-electron chi connectivity index (χ1n) is 1.02. The maximum Gasteiger partial charge on any atom is -0.0126 e. The zero-order valence-corrected chi connectivity index (χ0v) is 3.46. The summed E-state index contributed by atoms with van der Waals surface area (Å²) < 4.78 is 0. The molecular weight excluding hydrogens is 75.1 g/mol. The van der Waals surface area contributed by atoms with E-state index in [9.17, 15) is 0 Å². The van der Waals surface area contributed by atoms with E-state index in [-0.39, 0.29) is 4.70 Å². The lowest BCUT2D eigenvalue weighted by Gasteiger charge is -1.48. The van der Waals surface area contributed by atoms with E-state index in [1.807, 2.05) is 6.92 Å². The van der Waals surface area contributed by atoms with Crippen molar-refractivity contribution in [3.63, 3.8) is 0 Å². The third kappa shape index (κ3) is 47.6. The molecule has 0 aromatic heterocycles. The maximum atomic E-state index is 3.79. The molecule has 0 fully saturated rings. The number of hydrogen-bond donors (Lipinski definition) is 1. The van der Waals surface area contributed by atoms with Gasteiger partial charge < -0.3 is 0 Å². The minimum absolute atomic E-state index is 0. The van der Waals surface area contributed by atoms with Gasteiger partial charge in [0.1, 0.15) is 0 Å². The monoisotopic (exact) mass is 82.0 g/mol. The molecule has 28 valence electrons. The molecule has 0 aromatic rings. The summed E-state index contributed by atoms with van der Waals surface area (Å²) in [5.74, 6) is 0.944. The van der Waals surface area contributed by atoms with Crippen molar-refractivity contribution in [3.05, 3.63) is 0 Å². The van der Waals surface area contributed by atoms with Crippen molar-refractivity contribution in [2.45, 2.75) is 6.92 Å². The Hall–Kier alpha value is 0.280. The molecule has 0 rings (SSSR count). The quantitative estimate of drug-likeness (QED) is 0.415. The highest BCUT2D eigenvalue weighted by Crippen LogP contribution is 1.58. The van der Waals surface area contributed by atoms with Gasteiger partial charge in [0.05, 0.1) is 0 Å². The predicted octanol–water partition coefficient (Wildman–Crippen LogP) is 1.09. The molecule has 0 heterocycles. The Kier molecular flexibility index (Phi) is 23.0. The van der Waals surface area contributed by atoms with Crippen LogP contribution in [-0.2, 0) is 0 Å². The van der Waals surface area contributed by atoms with Gasteiger partial charge in [0, 0.05) is 0 Å². The molecule has 0 aliphatic heterocycles. The van der Waals surface area contributed by atoms with E-state index in [0.717, 1.165) is 5.75 Å². The first-order valence-corrected chi connectivity index (χ1v) is 1.66. The summed E-state index contributed by atoms with van der Waals surface area (Å²) in [6, 6.07) is 0. The number of hydrogen-bond acceptors (Lipinski definition) is 1. The Morgan fingerprint density at radius 1 is 1.75 bits per heavy atom. The van der Waals surface area contributed by atoms with E-state index in [1.165, 1.54) is 0 Å². The second kappa shape index (κ2) is 10.4. The Labute approximate surface area is 31.0 Å². The SMILES string of the molecule is CCS.F. The van der Waals surface area contributed by atoms with Crippen molar-refractivity contribution < 1.29 is 4.70 Å². The first kappa shape index (κ1) is 8.86. The summed E-state index contributed by atoms with van der Waals surface area (Å²) >= 11 is 3.79. The number of rotatable bonds is 0. The average Bonchev–Trinajstić information content (AvgIpc) is 0.918. The van der Waals surface area contributed by atoms with Gasteiger partial charge in [0.25, 0.3) is 0 Å². The molecule has 0 spiro atoms. The Bertz CT molecular complexity index is 6.00. The summed E-state index contributed by atoms with van der Waals surface area (Å²) in [7, 11) is 0. The largest absolute Gasteiger partial charge is 0.269 e. The highest BCUT2D eigenvalue weighted by atomic mass is 32.1. The molecule has 0 aliphatic rings. The number of halogens is 1. The van der Waals surface area contributed by atoms with E-state index in [1.54, 1.807) is 0 Å². The molecule has 0 atom stereocenters. The molecule has 0 amide bonds. The van der Waals surface area contributed by atoms with Gasteiger partial charge in [-0.15, -0.1) is 0 Å². The first-order chi connectivity index (χ1) is 1.41. The molecule has 0 saturated heterocycles. The van der Waals surface area contributed by atoms with Crippen molar-refractivity contribution in [1.82, 2.24) is 0 Å². The van der Waals surface area contributed by atoms with Crippen LogP contribution in [0.15, 0.2) is 0 Å². The fraction of sp³-hybridized carbons (Fsp3) is 1.00. The van der Waals surface area contributed by atoms with Gasteiger partial charge in [0.2, 0.25) is 0 Å². The van der Waals surface area contributed by atoms with Gasteiger partial charge in [0.15, 0.2) is 0 Å². The lowest BCUT2D eigenvalue weighted by atomic mass is 11.0. The van der Waals surface area contributed by atoms with Gasteiger partial charge >= 0.3 is 0 Å². The van der Waals surface area contributed by atoms with Crippen molar-refractivity contribution in [3.8, 4) is 0 Å². The summed E-state index contributed by atoms with van der Waals surface area (Å²) in [6.45, 7) is 1.99. The van der Waals surface area contributed by atoms with E-state index in [0.29, 0.717) is 0 Å². The van der Waals surface area contributed by atoms with Crippen LogP contribution in [-0.4, -0.2) is 5.75 Å². The highest BCUT2D eigenvalue weighted by molar-refractivity contribution is 7.80. The summed E-state index contributed by atoms with van der Waals surface area (Å²) in [4.78, 5) is 0. The van der Waals surface area contributed by atoms with Crippen molar-refractivity contribution in [1.29, 1.82) is 0 Å². The van der Waals surface area contributed by atoms with E-state index >= 15 is 0 Å². The van der Waals surface area contributed by atoms with Crippen LogP contribution >= 0.6 is 12.6 Å². The second-order valence-electron chi connectivity index (χ2n) is 0.316. The van der Waals surface area contributed by atoms with Crippen molar-refractivity contribution >= 4 is 12.6 Å². The lowest BCUT2D eigenvalue weighted by Crippen LogP contribution is -1.36. The Morgan fingerprint density at radius 3 is 1.75 bits per heavy atom. The Morgan fingerprint density at radius 2 is 1.75 bits per heavy atom. The molecule has 0 saturated carbocycles. The van der Waals surface area contributed by atoms with Crippen LogP contribution in [0.4, 0.5) is 4.70 Å². The van der Waals surface area contributed by atoms with Crippen LogP contribution in [0.1, 0.15) is 6.92 Å². The molecule has 0 radical (unpaired) electrons. The average molecular weight is 82.1 g/mol. The van der Waals surface area contributed by atoms with E-state index in [4.69, 9.17) is 0 Å². The standard InChI is InChI=1S/C2H6S.FH/c1-2-3;/h3H,2H2,1H3;1H. The van der Waals surface area contributed by atoms with Gasteiger partial charge in [-0.2, -0.15) is 12.6 Å². The molecule has 0 N–H and O–H groups in total. The third-order valence-electron chi connectivity index (χ3n) is 0. The molecule has 0 aliphatic carbocycles. The molecule has 2 heteroatoms. The molecule has 0 aromatic carbocycles. The van der Waals surface area contributed by atoms with Crippen molar-refractivity contribution in [2.24, 2.45) is 0 Å². The summed E-state index contributed by atoms with van der Waals surface area (Å²) in [5, 5.41) is 0. The molecule has 0 bridgehead atoms. The van der Waals surface area contributed by atoms with Crippen LogP contribution in [0, 0.1) is 0 Å². The van der Waals surface area contributed by atoms with Gasteiger partial charge in [-0.3, -0.25) is 4.70 Å². The molecule has 4 heavy (non-hydrogen) atoms. The lowest BCUT2D eigenvalue weighted by molar-refractivity contribution is 1.11. The summed E-state index contributed by atoms with van der Waals surface area (Å²) in [6.07, 6.45) is 0. The van der Waals surface area contributed by atoms with Gasteiger partial charge in [-0.1, -0.05) is 6.92 Å². The minimum Gasteiger partial charge on any atom is -0.269 e. The van der Waals surface area contributed by atoms with Crippen LogP contribution in [0.5, 0.6) is 0 Å². The molecule has 0 unspecified atom stereocenters. The van der Waals surface area contributed by atoms with Crippen LogP contribution in [0.3, 0.4) is 0 Å². The smallest absolute Gasteiger partial charge is 0.0126 e. The Balaban J connectivity index is 0. The summed E-state index contributed by atoms with van der Waals surface area (Å²) in [5.41, 5.74) is 0. The van der Waals surface area contributed by atoms with Crippen LogP contribution in [0.2, 0.25) is 0 Å². The van der Waals surface area contributed by atoms with E-state index in [2.05, 4.69) is 12.6 Å². The topological polar surface area (TPSA) is 0 Å². The zero-order valence-electron chi connectivity index (χ0n) is 2.56. The predicted molar refractivity (Wildman–Crippen MR) is 22.0 cm³/mol. The zero-order chi connectivity index (χ0) is 2.71. The highest BCUT2D eigenvalue weighted by Gasteiger charge is 1.35. The van der Waals surface area contributed by atoms with E-state index < -0.39 is 0 Å². The number of thiol groups is 1. The van der Waals surface area contributed by atoms with Crippen LogP contribution < -0.4 is 0 Å². The fourth-order valence-electron chi connectivity index (χ4n) is 0. The fourth-order valence-corrected chi connectivity index (χ4v) is 0. The van der Waals surface area contributed by atoms with Gasteiger partial charge in [-0.25, -0.2) is 0 Å². The normalized spacial score (nSPS) is 4.50.